The molecule has 2 atom stereocenters. The second-order valence-electron chi connectivity index (χ2n) is 5.34. The SMILES string of the molecule is C[C@@H]1[C@H](C(=O)O)CCCN1C(=O)Cc1ccc(F)c(F)c1. The van der Waals surface area contributed by atoms with Crippen molar-refractivity contribution in [3.8, 4) is 0 Å². The maximum atomic E-state index is 13.1. The molecule has 1 aliphatic heterocycles. The second-order valence-corrected chi connectivity index (χ2v) is 5.34. The molecule has 1 aromatic rings. The summed E-state index contributed by atoms with van der Waals surface area (Å²) in [6.45, 7) is 2.20. The maximum Gasteiger partial charge on any atom is 0.308 e. The first kappa shape index (κ1) is 15.4. The fourth-order valence-electron chi connectivity index (χ4n) is 2.75. The van der Waals surface area contributed by atoms with E-state index in [4.69, 9.17) is 5.11 Å². The summed E-state index contributed by atoms with van der Waals surface area (Å²) in [6, 6.07) is 2.95. The molecule has 1 aliphatic rings. The van der Waals surface area contributed by atoms with Gasteiger partial charge < -0.3 is 10.0 Å². The molecule has 0 unspecified atom stereocenters. The summed E-state index contributed by atoms with van der Waals surface area (Å²) in [5, 5.41) is 9.14. The van der Waals surface area contributed by atoms with Crippen LogP contribution >= 0.6 is 0 Å². The van der Waals surface area contributed by atoms with Crippen LogP contribution in [0.5, 0.6) is 0 Å². The fourth-order valence-corrected chi connectivity index (χ4v) is 2.75. The van der Waals surface area contributed by atoms with Crippen LogP contribution in [0.4, 0.5) is 8.78 Å². The Bertz CT molecular complexity index is 562. The Labute approximate surface area is 121 Å². The highest BCUT2D eigenvalue weighted by Crippen LogP contribution is 2.24. The number of carbonyl (C=O) groups excluding carboxylic acids is 1. The molecule has 0 spiro atoms. The van der Waals surface area contributed by atoms with E-state index < -0.39 is 29.6 Å². The van der Waals surface area contributed by atoms with Crippen LogP contribution in [0.1, 0.15) is 25.3 Å². The number of hydrogen-bond donors (Lipinski definition) is 1. The van der Waals surface area contributed by atoms with Crippen molar-refractivity contribution in [3.05, 3.63) is 35.4 Å². The monoisotopic (exact) mass is 297 g/mol. The molecule has 1 aromatic carbocycles. The predicted molar refractivity (Wildman–Crippen MR) is 71.6 cm³/mol. The van der Waals surface area contributed by atoms with Crippen LogP contribution in [0.3, 0.4) is 0 Å². The summed E-state index contributed by atoms with van der Waals surface area (Å²) in [6.07, 6.45) is 1.12. The van der Waals surface area contributed by atoms with Crippen molar-refractivity contribution in [1.29, 1.82) is 0 Å². The Morgan fingerprint density at radius 2 is 2.05 bits per heavy atom. The molecule has 21 heavy (non-hydrogen) atoms. The van der Waals surface area contributed by atoms with Gasteiger partial charge in [0, 0.05) is 12.6 Å². The number of carboxylic acid groups (broad SMARTS) is 1. The Morgan fingerprint density at radius 1 is 1.33 bits per heavy atom. The molecule has 6 heteroatoms. The number of piperidine rings is 1. The number of hydrogen-bond acceptors (Lipinski definition) is 2. The molecular formula is C15H17F2NO3. The molecule has 1 heterocycles. The van der Waals surface area contributed by atoms with Crippen LogP contribution in [-0.2, 0) is 16.0 Å². The lowest BCUT2D eigenvalue weighted by atomic mass is 9.90. The Balaban J connectivity index is 2.08. The van der Waals surface area contributed by atoms with Crippen molar-refractivity contribution in [2.75, 3.05) is 6.54 Å². The van der Waals surface area contributed by atoms with Gasteiger partial charge in [-0.2, -0.15) is 0 Å². The number of carboxylic acids is 1. The first-order chi connectivity index (χ1) is 9.90. The highest BCUT2D eigenvalue weighted by Gasteiger charge is 2.35. The van der Waals surface area contributed by atoms with Gasteiger partial charge in [0.2, 0.25) is 5.91 Å². The van der Waals surface area contributed by atoms with Crippen molar-refractivity contribution in [1.82, 2.24) is 4.90 Å². The molecule has 114 valence electrons. The van der Waals surface area contributed by atoms with Crippen LogP contribution in [0.15, 0.2) is 18.2 Å². The van der Waals surface area contributed by atoms with Crippen molar-refractivity contribution >= 4 is 11.9 Å². The van der Waals surface area contributed by atoms with Gasteiger partial charge >= 0.3 is 5.97 Å². The van der Waals surface area contributed by atoms with Gasteiger partial charge in [-0.15, -0.1) is 0 Å². The van der Waals surface area contributed by atoms with Crippen molar-refractivity contribution in [2.45, 2.75) is 32.2 Å². The molecule has 4 nitrogen and oxygen atoms in total. The van der Waals surface area contributed by atoms with Crippen LogP contribution in [-0.4, -0.2) is 34.5 Å². The summed E-state index contributed by atoms with van der Waals surface area (Å²) in [5.74, 6) is -3.70. The summed E-state index contributed by atoms with van der Waals surface area (Å²) < 4.78 is 26.0. The first-order valence-corrected chi connectivity index (χ1v) is 6.86. The molecule has 0 aromatic heterocycles. The first-order valence-electron chi connectivity index (χ1n) is 6.86. The zero-order chi connectivity index (χ0) is 15.6. The molecule has 1 saturated heterocycles. The summed E-state index contributed by atoms with van der Waals surface area (Å²) in [7, 11) is 0. The molecule has 0 aliphatic carbocycles. The van der Waals surface area contributed by atoms with E-state index in [9.17, 15) is 18.4 Å². The third-order valence-corrected chi connectivity index (χ3v) is 3.96. The molecular weight excluding hydrogens is 280 g/mol. The largest absolute Gasteiger partial charge is 0.481 e. The second kappa shape index (κ2) is 6.20. The maximum absolute atomic E-state index is 13.1. The van der Waals surface area contributed by atoms with E-state index in [1.54, 1.807) is 6.92 Å². The Kier molecular flexibility index (Phi) is 4.55. The molecule has 0 bridgehead atoms. The predicted octanol–water partition coefficient (Wildman–Crippen LogP) is 2.22. The van der Waals surface area contributed by atoms with Gasteiger partial charge in [0.25, 0.3) is 0 Å². The van der Waals surface area contributed by atoms with Crippen LogP contribution < -0.4 is 0 Å². The smallest absolute Gasteiger partial charge is 0.308 e. The minimum absolute atomic E-state index is 0.0616. The highest BCUT2D eigenvalue weighted by molar-refractivity contribution is 5.80. The molecule has 1 fully saturated rings. The number of carbonyl (C=O) groups is 2. The average Bonchev–Trinajstić information content (AvgIpc) is 2.42. The molecule has 0 saturated carbocycles. The van der Waals surface area contributed by atoms with Gasteiger partial charge in [-0.3, -0.25) is 9.59 Å². The molecule has 1 N–H and O–H groups in total. The van der Waals surface area contributed by atoms with Gasteiger partial charge in [-0.05, 0) is 37.5 Å². The van der Waals surface area contributed by atoms with Gasteiger partial charge in [-0.25, -0.2) is 8.78 Å². The van der Waals surface area contributed by atoms with Crippen LogP contribution in [0, 0.1) is 17.6 Å². The van der Waals surface area contributed by atoms with Gasteiger partial charge in [0.15, 0.2) is 11.6 Å². The topological polar surface area (TPSA) is 57.6 Å². The number of amides is 1. The quantitative estimate of drug-likeness (QED) is 0.930. The minimum Gasteiger partial charge on any atom is -0.481 e. The summed E-state index contributed by atoms with van der Waals surface area (Å²) in [5.41, 5.74) is 0.378. The Hall–Kier alpha value is -1.98. The normalized spacial score (nSPS) is 22.1. The fraction of sp³-hybridized carbons (Fsp3) is 0.467. The van der Waals surface area contributed by atoms with E-state index in [0.29, 0.717) is 24.9 Å². The number of halogens is 2. The summed E-state index contributed by atoms with van der Waals surface area (Å²) >= 11 is 0. The number of nitrogens with zero attached hydrogens (tertiary/aromatic N) is 1. The van der Waals surface area contributed by atoms with Crippen molar-refractivity contribution in [3.63, 3.8) is 0 Å². The van der Waals surface area contributed by atoms with E-state index in [1.807, 2.05) is 0 Å². The third-order valence-electron chi connectivity index (χ3n) is 3.96. The van der Waals surface area contributed by atoms with E-state index in [1.165, 1.54) is 11.0 Å². The molecule has 1 amide bonds. The minimum atomic E-state index is -0.990. The van der Waals surface area contributed by atoms with E-state index in [-0.39, 0.29) is 12.3 Å². The zero-order valence-electron chi connectivity index (χ0n) is 11.7. The number of aliphatic carboxylic acids is 1. The molecule has 0 radical (unpaired) electrons. The third kappa shape index (κ3) is 3.37. The van der Waals surface area contributed by atoms with Crippen molar-refractivity contribution in [2.24, 2.45) is 5.92 Å². The van der Waals surface area contributed by atoms with Crippen molar-refractivity contribution < 1.29 is 23.5 Å². The Morgan fingerprint density at radius 3 is 2.67 bits per heavy atom. The van der Waals surface area contributed by atoms with E-state index in [2.05, 4.69) is 0 Å². The molecule has 2 rings (SSSR count). The lowest BCUT2D eigenvalue weighted by Gasteiger charge is -2.37. The summed E-state index contributed by atoms with van der Waals surface area (Å²) in [4.78, 5) is 24.9. The number of likely N-dealkylation sites (tertiary alicyclic amines) is 1. The number of rotatable bonds is 3. The van der Waals surface area contributed by atoms with Gasteiger partial charge in [0.1, 0.15) is 0 Å². The standard InChI is InChI=1S/C15H17F2NO3/c1-9-11(15(20)21)3-2-6-18(9)14(19)8-10-4-5-12(16)13(17)7-10/h4-5,7,9,11H,2-3,6,8H2,1H3,(H,20,21)/t9-,11-/m1/s1. The zero-order valence-corrected chi connectivity index (χ0v) is 11.7. The average molecular weight is 297 g/mol. The van der Waals surface area contributed by atoms with E-state index >= 15 is 0 Å². The number of benzene rings is 1. The highest BCUT2D eigenvalue weighted by atomic mass is 19.2. The van der Waals surface area contributed by atoms with Gasteiger partial charge in [0.05, 0.1) is 12.3 Å². The van der Waals surface area contributed by atoms with Gasteiger partial charge in [-0.1, -0.05) is 6.07 Å². The van der Waals surface area contributed by atoms with Crippen LogP contribution in [0.25, 0.3) is 0 Å². The lowest BCUT2D eigenvalue weighted by Crippen LogP contribution is -2.49. The van der Waals surface area contributed by atoms with E-state index in [0.717, 1.165) is 12.1 Å². The lowest BCUT2D eigenvalue weighted by molar-refractivity contribution is -0.148. The van der Waals surface area contributed by atoms with Crippen LogP contribution in [0.2, 0.25) is 0 Å².